The summed E-state index contributed by atoms with van der Waals surface area (Å²) in [6, 6.07) is 11.0. The van der Waals surface area contributed by atoms with Crippen LogP contribution in [0.4, 0.5) is 16.2 Å². The molecule has 2 aliphatic rings. The average molecular weight is 481 g/mol. The maximum absolute atomic E-state index is 13.0. The van der Waals surface area contributed by atoms with Crippen molar-refractivity contribution in [3.8, 4) is 0 Å². The quantitative estimate of drug-likeness (QED) is 0.603. The summed E-state index contributed by atoms with van der Waals surface area (Å²) in [5, 5.41) is 3.37. The molecule has 34 heavy (non-hydrogen) atoms. The van der Waals surface area contributed by atoms with Gasteiger partial charge in [0.2, 0.25) is 5.91 Å². The minimum Gasteiger partial charge on any atom is -0.444 e. The number of rotatable bonds is 5. The van der Waals surface area contributed by atoms with Gasteiger partial charge in [-0.05, 0) is 49.6 Å². The summed E-state index contributed by atoms with van der Waals surface area (Å²) < 4.78 is 8.28. The number of benzene rings is 2. The highest BCUT2D eigenvalue weighted by Crippen LogP contribution is 2.35. The summed E-state index contributed by atoms with van der Waals surface area (Å²) >= 11 is 1.46. The minimum absolute atomic E-state index is 0.0678. The van der Waals surface area contributed by atoms with E-state index in [0.717, 1.165) is 10.5 Å². The fraction of sp³-hybridized carbons (Fsp3) is 0.333. The van der Waals surface area contributed by atoms with Gasteiger partial charge in [-0.3, -0.25) is 23.6 Å². The molecule has 0 spiro atoms. The molecule has 1 saturated heterocycles. The van der Waals surface area contributed by atoms with E-state index in [-0.39, 0.29) is 29.8 Å². The van der Waals surface area contributed by atoms with Crippen molar-refractivity contribution in [3.63, 3.8) is 0 Å². The zero-order valence-corrected chi connectivity index (χ0v) is 19.7. The van der Waals surface area contributed by atoms with Crippen LogP contribution in [0.5, 0.6) is 0 Å². The SMILES string of the molecule is Cc1cccc2c1c(=O)n(CCC[C@H]1CN(c3ccc4c(c3)NC(=O)CS4)C(=O)O1)c(=O)n2C. The Bertz CT molecular complexity index is 1440. The Balaban J connectivity index is 1.28. The summed E-state index contributed by atoms with van der Waals surface area (Å²) in [6.07, 6.45) is 0.222. The van der Waals surface area contributed by atoms with Gasteiger partial charge in [-0.25, -0.2) is 9.59 Å². The third-order valence-corrected chi connectivity index (χ3v) is 7.35. The van der Waals surface area contributed by atoms with Crippen LogP contribution in [0.1, 0.15) is 18.4 Å². The zero-order chi connectivity index (χ0) is 24.0. The topological polar surface area (TPSA) is 103 Å². The first-order valence-corrected chi connectivity index (χ1v) is 12.1. The fourth-order valence-electron chi connectivity index (χ4n) is 4.51. The number of hydrogen-bond donors (Lipinski definition) is 1. The van der Waals surface area contributed by atoms with Gasteiger partial charge in [0.25, 0.3) is 5.56 Å². The molecular formula is C24H24N4O5S. The molecule has 1 atom stereocenters. The number of nitrogens with zero attached hydrogens (tertiary/aromatic N) is 3. The predicted molar refractivity (Wildman–Crippen MR) is 131 cm³/mol. The Morgan fingerprint density at radius 2 is 1.97 bits per heavy atom. The molecule has 10 heteroatoms. The Labute approximate surface area is 199 Å². The lowest BCUT2D eigenvalue weighted by Crippen LogP contribution is -2.39. The maximum atomic E-state index is 13.0. The molecule has 2 aromatic carbocycles. The third kappa shape index (κ3) is 3.87. The second-order valence-electron chi connectivity index (χ2n) is 8.54. The van der Waals surface area contributed by atoms with Gasteiger partial charge in [-0.1, -0.05) is 12.1 Å². The molecule has 3 heterocycles. The highest BCUT2D eigenvalue weighted by atomic mass is 32.2. The van der Waals surface area contributed by atoms with Crippen molar-refractivity contribution in [2.45, 2.75) is 37.3 Å². The van der Waals surface area contributed by atoms with Gasteiger partial charge in [0.1, 0.15) is 6.10 Å². The standard InChI is InChI=1S/C24H24N4O5S/c1-14-5-3-7-18-21(14)22(30)27(23(31)26(18)2)10-4-6-16-12-28(24(32)33-16)15-8-9-19-17(11-15)25-20(29)13-34-19/h3,5,7-9,11,16H,4,6,10,12-13H2,1-2H3,(H,25,29)/t16-/m0/s1. The van der Waals surface area contributed by atoms with Gasteiger partial charge in [0, 0.05) is 24.2 Å². The van der Waals surface area contributed by atoms with Crippen LogP contribution >= 0.6 is 11.8 Å². The van der Waals surface area contributed by atoms with Crippen LogP contribution < -0.4 is 21.5 Å². The van der Waals surface area contributed by atoms with E-state index in [4.69, 9.17) is 4.74 Å². The number of hydrogen-bond acceptors (Lipinski definition) is 6. The lowest BCUT2D eigenvalue weighted by Gasteiger charge is -2.20. The molecule has 1 fully saturated rings. The summed E-state index contributed by atoms with van der Waals surface area (Å²) in [4.78, 5) is 52.5. The molecule has 3 aromatic rings. The van der Waals surface area contributed by atoms with Crippen molar-refractivity contribution in [1.29, 1.82) is 0 Å². The first-order chi connectivity index (χ1) is 16.3. The number of fused-ring (bicyclic) bond motifs is 2. The second kappa shape index (κ2) is 8.68. The van der Waals surface area contributed by atoms with E-state index in [9.17, 15) is 19.2 Å². The van der Waals surface area contributed by atoms with E-state index in [1.807, 2.05) is 31.2 Å². The van der Waals surface area contributed by atoms with Crippen LogP contribution in [0, 0.1) is 6.92 Å². The molecule has 0 unspecified atom stereocenters. The molecule has 0 radical (unpaired) electrons. The third-order valence-electron chi connectivity index (χ3n) is 6.28. The average Bonchev–Trinajstić information content (AvgIpc) is 3.19. The second-order valence-corrected chi connectivity index (χ2v) is 9.56. The molecule has 9 nitrogen and oxygen atoms in total. The molecule has 176 valence electrons. The van der Waals surface area contributed by atoms with Gasteiger partial charge in [-0.2, -0.15) is 0 Å². The number of aromatic nitrogens is 2. The van der Waals surface area contributed by atoms with Crippen LogP contribution in [0.2, 0.25) is 0 Å². The van der Waals surface area contributed by atoms with E-state index >= 15 is 0 Å². The van der Waals surface area contributed by atoms with Gasteiger partial charge in [0.15, 0.2) is 0 Å². The highest BCUT2D eigenvalue weighted by molar-refractivity contribution is 8.00. The Kier molecular flexibility index (Phi) is 5.68. The maximum Gasteiger partial charge on any atom is 0.414 e. The molecule has 0 bridgehead atoms. The fourth-order valence-corrected chi connectivity index (χ4v) is 5.30. The monoisotopic (exact) mass is 480 g/mol. The van der Waals surface area contributed by atoms with Gasteiger partial charge in [0.05, 0.1) is 28.9 Å². The van der Waals surface area contributed by atoms with E-state index in [1.54, 1.807) is 24.1 Å². The Hall–Kier alpha value is -3.53. The Morgan fingerprint density at radius 1 is 1.15 bits per heavy atom. The van der Waals surface area contributed by atoms with Crippen molar-refractivity contribution < 1.29 is 14.3 Å². The van der Waals surface area contributed by atoms with Crippen molar-refractivity contribution in [3.05, 3.63) is 62.8 Å². The molecule has 0 saturated carbocycles. The van der Waals surface area contributed by atoms with Crippen LogP contribution in [0.25, 0.3) is 10.9 Å². The number of anilines is 2. The van der Waals surface area contributed by atoms with Crippen molar-refractivity contribution in [2.24, 2.45) is 7.05 Å². The highest BCUT2D eigenvalue weighted by Gasteiger charge is 2.32. The molecule has 5 rings (SSSR count). The van der Waals surface area contributed by atoms with E-state index in [1.165, 1.54) is 20.9 Å². The first kappa shape index (κ1) is 22.3. The van der Waals surface area contributed by atoms with Gasteiger partial charge < -0.3 is 10.1 Å². The smallest absolute Gasteiger partial charge is 0.414 e. The van der Waals surface area contributed by atoms with Crippen LogP contribution in [-0.4, -0.2) is 39.5 Å². The van der Waals surface area contributed by atoms with Crippen molar-refractivity contribution >= 4 is 46.0 Å². The lowest BCUT2D eigenvalue weighted by atomic mass is 10.1. The number of ether oxygens (including phenoxy) is 1. The summed E-state index contributed by atoms with van der Waals surface area (Å²) in [7, 11) is 1.66. The number of thioether (sulfide) groups is 1. The summed E-state index contributed by atoms with van der Waals surface area (Å²) in [5.41, 5.74) is 2.14. The molecule has 1 aromatic heterocycles. The van der Waals surface area contributed by atoms with E-state index < -0.39 is 6.09 Å². The Morgan fingerprint density at radius 3 is 2.79 bits per heavy atom. The number of cyclic esters (lactones) is 1. The predicted octanol–water partition coefficient (Wildman–Crippen LogP) is 2.86. The number of amides is 2. The van der Waals surface area contributed by atoms with Crippen molar-refractivity contribution in [1.82, 2.24) is 9.13 Å². The first-order valence-electron chi connectivity index (χ1n) is 11.1. The van der Waals surface area contributed by atoms with E-state index in [2.05, 4.69) is 5.32 Å². The lowest BCUT2D eigenvalue weighted by molar-refractivity contribution is -0.113. The van der Waals surface area contributed by atoms with Gasteiger partial charge in [-0.15, -0.1) is 11.8 Å². The van der Waals surface area contributed by atoms with Crippen LogP contribution in [0.3, 0.4) is 0 Å². The molecule has 1 N–H and O–H groups in total. The number of nitrogens with one attached hydrogen (secondary N) is 1. The zero-order valence-electron chi connectivity index (χ0n) is 18.9. The van der Waals surface area contributed by atoms with Crippen LogP contribution in [0.15, 0.2) is 50.9 Å². The molecular weight excluding hydrogens is 456 g/mol. The number of carbonyl (C=O) groups is 2. The minimum atomic E-state index is -0.450. The van der Waals surface area contributed by atoms with Gasteiger partial charge >= 0.3 is 11.8 Å². The van der Waals surface area contributed by atoms with Crippen molar-refractivity contribution in [2.75, 3.05) is 22.5 Å². The summed E-state index contributed by atoms with van der Waals surface area (Å²) in [6.45, 7) is 2.46. The normalized spacial score (nSPS) is 17.6. The number of carbonyl (C=O) groups excluding carboxylic acids is 2. The molecule has 0 aliphatic carbocycles. The number of aryl methyl sites for hydroxylation is 2. The van der Waals surface area contributed by atoms with E-state index in [0.29, 0.717) is 47.4 Å². The molecule has 2 aliphatic heterocycles. The molecule has 2 amide bonds. The summed E-state index contributed by atoms with van der Waals surface area (Å²) in [5.74, 6) is 0.310. The largest absolute Gasteiger partial charge is 0.444 e. The van der Waals surface area contributed by atoms with Crippen LogP contribution in [-0.2, 0) is 23.1 Å².